The molecule has 0 unspecified atom stereocenters. The summed E-state index contributed by atoms with van der Waals surface area (Å²) in [6.45, 7) is 6.54. The lowest BCUT2D eigenvalue weighted by atomic mass is 10.1. The van der Waals surface area contributed by atoms with Crippen LogP contribution in [0.4, 0.5) is 0 Å². The zero-order valence-electron chi connectivity index (χ0n) is 17.3. The Hall–Kier alpha value is -2.76. The Labute approximate surface area is 173 Å². The van der Waals surface area contributed by atoms with Gasteiger partial charge in [0.05, 0.1) is 6.61 Å². The van der Waals surface area contributed by atoms with Crippen LogP contribution in [0.1, 0.15) is 32.6 Å². The molecule has 0 aromatic heterocycles. The zero-order valence-corrected chi connectivity index (χ0v) is 17.3. The van der Waals surface area contributed by atoms with Crippen molar-refractivity contribution in [1.82, 2.24) is 15.5 Å². The van der Waals surface area contributed by atoms with Gasteiger partial charge in [-0.1, -0.05) is 30.3 Å². The lowest BCUT2D eigenvalue weighted by Gasteiger charge is -2.16. The van der Waals surface area contributed by atoms with Gasteiger partial charge in [0.2, 0.25) is 5.91 Å². The zero-order chi connectivity index (χ0) is 20.3. The lowest BCUT2D eigenvalue weighted by molar-refractivity contribution is -0.129. The van der Waals surface area contributed by atoms with E-state index in [2.05, 4.69) is 39.9 Å². The average molecular weight is 397 g/mol. The predicted octanol–water partition coefficient (Wildman–Crippen LogP) is 3.18. The Morgan fingerprint density at radius 3 is 2.69 bits per heavy atom. The molecule has 0 bridgehead atoms. The standard InChI is InChI=1S/C23H32N4O2/c1-2-24-23(26-14-12-22(28)27-15-5-6-16-27)25-13-7-17-29-21-11-10-19-8-3-4-9-20(19)18-21/h3-4,8-11,18H,2,5-7,12-17H2,1H3,(H2,24,25,26). The van der Waals surface area contributed by atoms with E-state index in [-0.39, 0.29) is 5.91 Å². The van der Waals surface area contributed by atoms with Gasteiger partial charge in [0.1, 0.15) is 5.75 Å². The third-order valence-electron chi connectivity index (χ3n) is 5.00. The molecular formula is C23H32N4O2. The van der Waals surface area contributed by atoms with Crippen molar-refractivity contribution in [3.63, 3.8) is 0 Å². The van der Waals surface area contributed by atoms with Crippen LogP contribution in [-0.2, 0) is 4.79 Å². The number of guanidine groups is 1. The first-order valence-electron chi connectivity index (χ1n) is 10.7. The minimum absolute atomic E-state index is 0.231. The van der Waals surface area contributed by atoms with E-state index in [9.17, 15) is 4.79 Å². The minimum atomic E-state index is 0.231. The molecule has 0 aliphatic carbocycles. The Morgan fingerprint density at radius 2 is 1.90 bits per heavy atom. The molecule has 1 heterocycles. The number of hydrogen-bond acceptors (Lipinski definition) is 3. The number of amides is 1. The summed E-state index contributed by atoms with van der Waals surface area (Å²) in [5, 5.41) is 8.88. The third kappa shape index (κ3) is 6.66. The molecule has 0 radical (unpaired) electrons. The number of carbonyl (C=O) groups is 1. The highest BCUT2D eigenvalue weighted by Crippen LogP contribution is 2.20. The van der Waals surface area contributed by atoms with Crippen LogP contribution in [0, 0.1) is 0 Å². The fraction of sp³-hybridized carbons (Fsp3) is 0.478. The molecule has 2 aromatic rings. The Balaban J connectivity index is 1.37. The molecule has 1 saturated heterocycles. The Morgan fingerprint density at radius 1 is 1.10 bits per heavy atom. The fourth-order valence-electron chi connectivity index (χ4n) is 3.46. The van der Waals surface area contributed by atoms with Crippen LogP contribution in [0.2, 0.25) is 0 Å². The van der Waals surface area contributed by atoms with Gasteiger partial charge >= 0.3 is 0 Å². The summed E-state index contributed by atoms with van der Waals surface area (Å²) < 4.78 is 5.87. The van der Waals surface area contributed by atoms with E-state index in [0.717, 1.165) is 50.6 Å². The topological polar surface area (TPSA) is 66.0 Å². The molecular weight excluding hydrogens is 364 g/mol. The maximum Gasteiger partial charge on any atom is 0.224 e. The molecule has 0 saturated carbocycles. The van der Waals surface area contributed by atoms with Gasteiger partial charge in [-0.15, -0.1) is 0 Å². The Kier molecular flexibility index (Phi) is 8.16. The molecule has 1 fully saturated rings. The molecule has 0 atom stereocenters. The van der Waals surface area contributed by atoms with Gasteiger partial charge in [-0.3, -0.25) is 9.79 Å². The second-order valence-electron chi connectivity index (χ2n) is 7.24. The largest absolute Gasteiger partial charge is 0.494 e. The molecule has 6 nitrogen and oxygen atoms in total. The number of carbonyl (C=O) groups excluding carboxylic acids is 1. The van der Waals surface area contributed by atoms with Crippen LogP contribution >= 0.6 is 0 Å². The van der Waals surface area contributed by atoms with Gasteiger partial charge < -0.3 is 20.3 Å². The van der Waals surface area contributed by atoms with Crippen LogP contribution < -0.4 is 15.4 Å². The molecule has 0 spiro atoms. The number of hydrogen-bond donors (Lipinski definition) is 2. The van der Waals surface area contributed by atoms with E-state index in [1.165, 1.54) is 10.8 Å². The molecule has 156 valence electrons. The SMILES string of the molecule is CCNC(=NCCCOc1ccc2ccccc2c1)NCCC(=O)N1CCCC1. The highest BCUT2D eigenvalue weighted by molar-refractivity contribution is 5.83. The van der Waals surface area contributed by atoms with Crippen LogP contribution in [-0.4, -0.2) is 56.1 Å². The summed E-state index contributed by atoms with van der Waals surface area (Å²) in [6.07, 6.45) is 3.60. The first kappa shape index (κ1) is 21.0. The summed E-state index contributed by atoms with van der Waals surface area (Å²) in [5.74, 6) is 1.88. The molecule has 6 heteroatoms. The number of fused-ring (bicyclic) bond motifs is 1. The fourth-order valence-corrected chi connectivity index (χ4v) is 3.46. The maximum absolute atomic E-state index is 12.1. The summed E-state index contributed by atoms with van der Waals surface area (Å²) in [6, 6.07) is 14.4. The second kappa shape index (κ2) is 11.3. The first-order valence-corrected chi connectivity index (χ1v) is 10.7. The summed E-state index contributed by atoms with van der Waals surface area (Å²) in [4.78, 5) is 18.6. The van der Waals surface area contributed by atoms with E-state index in [4.69, 9.17) is 4.74 Å². The lowest BCUT2D eigenvalue weighted by Crippen LogP contribution is -2.39. The van der Waals surface area contributed by atoms with Crippen molar-refractivity contribution in [1.29, 1.82) is 0 Å². The normalized spacial score (nSPS) is 14.2. The van der Waals surface area contributed by atoms with Crippen LogP contribution in [0.3, 0.4) is 0 Å². The van der Waals surface area contributed by atoms with E-state index in [1.807, 2.05) is 30.0 Å². The van der Waals surface area contributed by atoms with Gasteiger partial charge in [-0.25, -0.2) is 0 Å². The maximum atomic E-state index is 12.1. The predicted molar refractivity (Wildman–Crippen MR) is 118 cm³/mol. The molecule has 1 aliphatic rings. The van der Waals surface area contributed by atoms with E-state index in [0.29, 0.717) is 26.1 Å². The summed E-state index contributed by atoms with van der Waals surface area (Å²) in [7, 11) is 0. The number of benzene rings is 2. The van der Waals surface area contributed by atoms with Gasteiger partial charge in [0, 0.05) is 45.6 Å². The highest BCUT2D eigenvalue weighted by Gasteiger charge is 2.17. The number of nitrogens with one attached hydrogen (secondary N) is 2. The van der Waals surface area contributed by atoms with Crippen molar-refractivity contribution >= 4 is 22.6 Å². The average Bonchev–Trinajstić information content (AvgIpc) is 3.28. The molecule has 1 aliphatic heterocycles. The number of aliphatic imine (C=N–C) groups is 1. The molecule has 29 heavy (non-hydrogen) atoms. The smallest absolute Gasteiger partial charge is 0.224 e. The van der Waals surface area contributed by atoms with Crippen LogP contribution in [0.15, 0.2) is 47.5 Å². The van der Waals surface area contributed by atoms with Crippen LogP contribution in [0.25, 0.3) is 10.8 Å². The summed E-state index contributed by atoms with van der Waals surface area (Å²) in [5.41, 5.74) is 0. The molecule has 2 N–H and O–H groups in total. The minimum Gasteiger partial charge on any atom is -0.494 e. The number of rotatable bonds is 9. The summed E-state index contributed by atoms with van der Waals surface area (Å²) >= 11 is 0. The quantitative estimate of drug-likeness (QED) is 0.388. The van der Waals surface area contributed by atoms with Gasteiger partial charge in [0.25, 0.3) is 0 Å². The molecule has 1 amide bonds. The van der Waals surface area contributed by atoms with Crippen LogP contribution in [0.5, 0.6) is 5.75 Å². The molecule has 2 aromatic carbocycles. The van der Waals surface area contributed by atoms with Crippen molar-refractivity contribution in [2.45, 2.75) is 32.6 Å². The van der Waals surface area contributed by atoms with E-state index in [1.54, 1.807) is 0 Å². The first-order chi connectivity index (χ1) is 14.3. The van der Waals surface area contributed by atoms with Crippen molar-refractivity contribution in [3.8, 4) is 5.75 Å². The Bertz CT molecular complexity index is 815. The van der Waals surface area contributed by atoms with Gasteiger partial charge in [-0.2, -0.15) is 0 Å². The second-order valence-corrected chi connectivity index (χ2v) is 7.24. The highest BCUT2D eigenvalue weighted by atomic mass is 16.5. The number of nitrogens with zero attached hydrogens (tertiary/aromatic N) is 2. The van der Waals surface area contributed by atoms with Gasteiger partial charge in [-0.05, 0) is 42.7 Å². The van der Waals surface area contributed by atoms with Gasteiger partial charge in [0.15, 0.2) is 5.96 Å². The third-order valence-corrected chi connectivity index (χ3v) is 5.00. The van der Waals surface area contributed by atoms with Crippen molar-refractivity contribution in [2.24, 2.45) is 4.99 Å². The monoisotopic (exact) mass is 396 g/mol. The van der Waals surface area contributed by atoms with Crippen molar-refractivity contribution in [3.05, 3.63) is 42.5 Å². The number of ether oxygens (including phenoxy) is 1. The van der Waals surface area contributed by atoms with E-state index < -0.39 is 0 Å². The molecule has 3 rings (SSSR count). The van der Waals surface area contributed by atoms with Crippen molar-refractivity contribution in [2.75, 3.05) is 39.3 Å². The van der Waals surface area contributed by atoms with E-state index >= 15 is 0 Å². The number of likely N-dealkylation sites (tertiary alicyclic amines) is 1. The van der Waals surface area contributed by atoms with Crippen molar-refractivity contribution < 1.29 is 9.53 Å².